The molecular formula is C31H29NO4. The summed E-state index contributed by atoms with van der Waals surface area (Å²) >= 11 is 0. The Morgan fingerprint density at radius 3 is 2.61 bits per heavy atom. The normalized spacial score (nSPS) is 15.7. The average Bonchev–Trinajstić information content (AvgIpc) is 3.18. The van der Waals surface area contributed by atoms with Gasteiger partial charge in [0.05, 0.1) is 18.6 Å². The molecule has 0 radical (unpaired) electrons. The first-order valence-corrected chi connectivity index (χ1v) is 12.2. The summed E-state index contributed by atoms with van der Waals surface area (Å²) in [5.41, 5.74) is 5.20. The number of carbonyl (C=O) groups is 1. The van der Waals surface area contributed by atoms with Crippen LogP contribution < -0.4 is 15.7 Å². The van der Waals surface area contributed by atoms with Crippen molar-refractivity contribution >= 4 is 22.6 Å². The highest BCUT2D eigenvalue weighted by molar-refractivity contribution is 5.97. The monoisotopic (exact) mass is 479 g/mol. The maximum atomic E-state index is 12.8. The molecular weight excluding hydrogens is 450 g/mol. The number of Topliss-reactive ketones (excluding diaryl/α,β-unsaturated/α-hetero) is 1. The van der Waals surface area contributed by atoms with Crippen molar-refractivity contribution in [3.05, 3.63) is 105 Å². The molecule has 1 atom stereocenters. The molecule has 0 amide bonds. The molecule has 2 heterocycles. The fraction of sp³-hybridized carbons (Fsp3) is 0.226. The lowest BCUT2D eigenvalue weighted by atomic mass is 9.81. The van der Waals surface area contributed by atoms with E-state index in [1.54, 1.807) is 14.0 Å². The summed E-state index contributed by atoms with van der Waals surface area (Å²) in [5.74, 6) is -0.0403. The van der Waals surface area contributed by atoms with E-state index in [-0.39, 0.29) is 11.5 Å². The Morgan fingerprint density at radius 1 is 1.11 bits per heavy atom. The van der Waals surface area contributed by atoms with Crippen LogP contribution in [0.15, 0.2) is 81.3 Å². The second kappa shape index (κ2) is 9.50. The van der Waals surface area contributed by atoms with Crippen LogP contribution in [0.3, 0.4) is 0 Å². The fourth-order valence-corrected chi connectivity index (χ4v) is 5.25. The quantitative estimate of drug-likeness (QED) is 0.393. The molecule has 1 N–H and O–H groups in total. The van der Waals surface area contributed by atoms with Gasteiger partial charge in [0.1, 0.15) is 5.75 Å². The first kappa shape index (κ1) is 23.6. The maximum Gasteiger partial charge on any atom is 0.227 e. The van der Waals surface area contributed by atoms with Crippen molar-refractivity contribution < 1.29 is 19.1 Å². The van der Waals surface area contributed by atoms with Crippen LogP contribution in [0.5, 0.6) is 11.5 Å². The van der Waals surface area contributed by atoms with Gasteiger partial charge in [0.15, 0.2) is 16.9 Å². The van der Waals surface area contributed by atoms with Gasteiger partial charge in [-0.2, -0.15) is 0 Å². The van der Waals surface area contributed by atoms with Crippen molar-refractivity contribution in [2.75, 3.05) is 7.11 Å². The number of benzene rings is 3. The number of aromatic hydroxyl groups is 1. The topological polar surface area (TPSA) is 72.0 Å². The number of allylic oxidation sites excluding steroid dienone is 2. The average molecular weight is 480 g/mol. The van der Waals surface area contributed by atoms with Gasteiger partial charge < -0.3 is 14.3 Å². The van der Waals surface area contributed by atoms with Crippen LogP contribution in [0.4, 0.5) is 0 Å². The smallest absolute Gasteiger partial charge is 0.227 e. The minimum atomic E-state index is -0.556. The molecule has 0 aliphatic carbocycles. The standard InChI is InChI=1S/C31H29NO4/c1-5-10-20-15-16-21-11-6-7-12-22(21)24(20)17-26-30(34)29-28(23-13-8-9-14-25(23)35-4)27(19(3)33)18(2)32-31(29)36-26/h6-9,11-17,28,34H,5,10H2,1-4H3. The van der Waals surface area contributed by atoms with E-state index in [0.29, 0.717) is 33.6 Å². The maximum absolute atomic E-state index is 12.8. The van der Waals surface area contributed by atoms with Gasteiger partial charge in [-0.25, -0.2) is 4.99 Å². The molecule has 0 saturated heterocycles. The van der Waals surface area contributed by atoms with Crippen LogP contribution in [0.2, 0.25) is 0 Å². The van der Waals surface area contributed by atoms with Gasteiger partial charge in [0.2, 0.25) is 5.55 Å². The van der Waals surface area contributed by atoms with E-state index in [1.807, 2.05) is 42.5 Å². The van der Waals surface area contributed by atoms with Crippen molar-refractivity contribution in [2.45, 2.75) is 39.5 Å². The summed E-state index contributed by atoms with van der Waals surface area (Å²) in [7, 11) is 1.60. The largest absolute Gasteiger partial charge is 0.504 e. The van der Waals surface area contributed by atoms with E-state index >= 15 is 0 Å². The minimum Gasteiger partial charge on any atom is -0.504 e. The van der Waals surface area contributed by atoms with E-state index in [9.17, 15) is 9.90 Å². The predicted molar refractivity (Wildman–Crippen MR) is 141 cm³/mol. The number of fused-ring (bicyclic) bond motifs is 2. The molecule has 0 saturated carbocycles. The molecule has 0 fully saturated rings. The lowest BCUT2D eigenvalue weighted by Crippen LogP contribution is -2.23. The highest BCUT2D eigenvalue weighted by Gasteiger charge is 2.35. The third-order valence-electron chi connectivity index (χ3n) is 6.85. The molecule has 3 aromatic carbocycles. The lowest BCUT2D eigenvalue weighted by Gasteiger charge is -2.24. The summed E-state index contributed by atoms with van der Waals surface area (Å²) in [6.45, 7) is 5.48. The fourth-order valence-electron chi connectivity index (χ4n) is 5.25. The number of hydrogen-bond donors (Lipinski definition) is 1. The molecule has 182 valence electrons. The lowest BCUT2D eigenvalue weighted by molar-refractivity contribution is -0.113. The third kappa shape index (κ3) is 3.91. The molecule has 1 aliphatic heterocycles. The Kier molecular flexibility index (Phi) is 6.23. The molecule has 5 heteroatoms. The zero-order valence-corrected chi connectivity index (χ0v) is 21.0. The van der Waals surface area contributed by atoms with Crippen molar-refractivity contribution in [1.82, 2.24) is 0 Å². The van der Waals surface area contributed by atoms with Gasteiger partial charge in [-0.15, -0.1) is 0 Å². The Bertz CT molecular complexity index is 1640. The number of ketones is 1. The molecule has 36 heavy (non-hydrogen) atoms. The third-order valence-corrected chi connectivity index (χ3v) is 6.85. The van der Waals surface area contributed by atoms with Gasteiger partial charge in [-0.05, 0) is 54.3 Å². The molecule has 4 aromatic rings. The number of rotatable bonds is 6. The number of nitrogens with zero attached hydrogens (tertiary/aromatic N) is 1. The molecule has 5 nitrogen and oxygen atoms in total. The van der Waals surface area contributed by atoms with Crippen LogP contribution in [0.25, 0.3) is 16.8 Å². The second-order valence-corrected chi connectivity index (χ2v) is 9.13. The van der Waals surface area contributed by atoms with Crippen molar-refractivity contribution in [1.29, 1.82) is 0 Å². The van der Waals surface area contributed by atoms with Crippen molar-refractivity contribution in [3.63, 3.8) is 0 Å². The summed E-state index contributed by atoms with van der Waals surface area (Å²) < 4.78 is 11.8. The SMILES string of the molecule is CCCc1ccc2ccccc2c1C=c1oc2c(c1O)C(c1ccccc1OC)C(C(C)=O)=C(C)N=2. The number of ether oxygens (including phenoxy) is 1. The van der Waals surface area contributed by atoms with E-state index in [2.05, 4.69) is 36.2 Å². The van der Waals surface area contributed by atoms with E-state index in [0.717, 1.165) is 34.7 Å². The van der Waals surface area contributed by atoms with Crippen LogP contribution in [0.1, 0.15) is 55.4 Å². The minimum absolute atomic E-state index is 0.00807. The van der Waals surface area contributed by atoms with Crippen LogP contribution in [0, 0.1) is 0 Å². The highest BCUT2D eigenvalue weighted by atomic mass is 16.5. The van der Waals surface area contributed by atoms with Crippen LogP contribution >= 0.6 is 0 Å². The number of aryl methyl sites for hydroxylation is 1. The van der Waals surface area contributed by atoms with Gasteiger partial charge in [-0.3, -0.25) is 4.79 Å². The number of carbonyl (C=O) groups excluding carboxylic acids is 1. The van der Waals surface area contributed by atoms with Crippen molar-refractivity contribution in [3.8, 4) is 11.5 Å². The van der Waals surface area contributed by atoms with E-state index < -0.39 is 5.92 Å². The Labute approximate surface area is 210 Å². The molecule has 1 aromatic heterocycles. The number of para-hydroxylation sites is 1. The predicted octanol–water partition coefficient (Wildman–Crippen LogP) is 5.56. The molecule has 1 unspecified atom stereocenters. The summed E-state index contributed by atoms with van der Waals surface area (Å²) in [4.78, 5) is 17.4. The number of hydrogen-bond acceptors (Lipinski definition) is 5. The molecule has 0 spiro atoms. The van der Waals surface area contributed by atoms with Gasteiger partial charge in [-0.1, -0.05) is 67.9 Å². The molecule has 0 bridgehead atoms. The summed E-state index contributed by atoms with van der Waals surface area (Å²) in [5, 5.41) is 13.8. The van der Waals surface area contributed by atoms with E-state index in [4.69, 9.17) is 9.15 Å². The molecule has 5 rings (SSSR count). The zero-order valence-electron chi connectivity index (χ0n) is 21.0. The van der Waals surface area contributed by atoms with Gasteiger partial charge in [0.25, 0.3) is 0 Å². The van der Waals surface area contributed by atoms with Gasteiger partial charge >= 0.3 is 0 Å². The van der Waals surface area contributed by atoms with E-state index in [1.165, 1.54) is 12.5 Å². The first-order chi connectivity index (χ1) is 17.4. The molecule has 1 aliphatic rings. The number of furan rings is 1. The van der Waals surface area contributed by atoms with Crippen LogP contribution in [-0.2, 0) is 11.2 Å². The highest BCUT2D eigenvalue weighted by Crippen LogP contribution is 2.42. The van der Waals surface area contributed by atoms with Crippen LogP contribution in [-0.4, -0.2) is 18.0 Å². The zero-order chi connectivity index (χ0) is 25.4. The summed E-state index contributed by atoms with van der Waals surface area (Å²) in [6.07, 6.45) is 3.80. The Hall–Kier alpha value is -4.12. The number of methoxy groups -OCH3 is 1. The first-order valence-electron chi connectivity index (χ1n) is 12.2. The summed E-state index contributed by atoms with van der Waals surface area (Å²) in [6, 6.07) is 20.0. The Balaban J connectivity index is 1.81. The van der Waals surface area contributed by atoms with Gasteiger partial charge in [0, 0.05) is 16.8 Å². The van der Waals surface area contributed by atoms with Crippen molar-refractivity contribution in [2.24, 2.45) is 4.99 Å². The Morgan fingerprint density at radius 2 is 1.86 bits per heavy atom. The second-order valence-electron chi connectivity index (χ2n) is 9.13.